The Morgan fingerprint density at radius 1 is 1.50 bits per heavy atom. The highest BCUT2D eigenvalue weighted by atomic mass is 35.5. The molecule has 0 saturated heterocycles. The van der Waals surface area contributed by atoms with Gasteiger partial charge in [-0.1, -0.05) is 18.5 Å². The van der Waals surface area contributed by atoms with Gasteiger partial charge in [0.1, 0.15) is 5.15 Å². The number of hydrogen-bond donors (Lipinski definition) is 1. The van der Waals surface area contributed by atoms with Crippen LogP contribution in [0.5, 0.6) is 0 Å². The Balaban J connectivity index is 2.21. The summed E-state index contributed by atoms with van der Waals surface area (Å²) in [6, 6.07) is 2.17. The van der Waals surface area contributed by atoms with Crippen molar-refractivity contribution in [2.75, 3.05) is 0 Å². The van der Waals surface area contributed by atoms with Gasteiger partial charge in [-0.05, 0) is 25.0 Å². The monoisotopic (exact) mass is 266 g/mol. The number of aryl methyl sites for hydroxylation is 2. The van der Waals surface area contributed by atoms with Crippen molar-refractivity contribution in [2.45, 2.75) is 32.9 Å². The molecule has 0 aliphatic carbocycles. The van der Waals surface area contributed by atoms with E-state index in [0.717, 1.165) is 29.8 Å². The van der Waals surface area contributed by atoms with Gasteiger partial charge < -0.3 is 10.3 Å². The van der Waals surface area contributed by atoms with Gasteiger partial charge in [0.15, 0.2) is 0 Å². The van der Waals surface area contributed by atoms with E-state index in [2.05, 4.69) is 28.9 Å². The van der Waals surface area contributed by atoms with Crippen LogP contribution in [0.4, 0.5) is 0 Å². The number of hydrogen-bond acceptors (Lipinski definition) is 2. The van der Waals surface area contributed by atoms with Gasteiger partial charge in [-0.15, -0.1) is 0 Å². The maximum Gasteiger partial charge on any atom is 0.131 e. The molecule has 5 heteroatoms. The Morgan fingerprint density at radius 2 is 2.22 bits per heavy atom. The van der Waals surface area contributed by atoms with E-state index < -0.39 is 0 Å². The average Bonchev–Trinajstić information content (AvgIpc) is 2.90. The molecule has 0 aliphatic rings. The first-order chi connectivity index (χ1) is 8.52. The van der Waals surface area contributed by atoms with Crippen molar-refractivity contribution in [2.24, 2.45) is 12.8 Å². The van der Waals surface area contributed by atoms with Crippen LogP contribution in [0.15, 0.2) is 18.5 Å². The molecule has 0 saturated carbocycles. The molecule has 0 amide bonds. The maximum atomic E-state index is 6.22. The predicted octanol–water partition coefficient (Wildman–Crippen LogP) is 2.64. The molecule has 0 spiro atoms. The third-order valence-corrected chi connectivity index (χ3v) is 3.72. The summed E-state index contributed by atoms with van der Waals surface area (Å²) < 4.78 is 3.80. The maximum absolute atomic E-state index is 6.22. The largest absolute Gasteiger partial charge is 0.349 e. The fraction of sp³-hybridized carbons (Fsp3) is 0.462. The van der Waals surface area contributed by atoms with Crippen LogP contribution in [0.3, 0.4) is 0 Å². The highest BCUT2D eigenvalue weighted by Gasteiger charge is 2.12. The molecule has 0 radical (unpaired) electrons. The second-order valence-corrected chi connectivity index (χ2v) is 4.97. The zero-order chi connectivity index (χ0) is 13.3. The molecule has 0 aliphatic heterocycles. The zero-order valence-corrected chi connectivity index (χ0v) is 11.8. The summed E-state index contributed by atoms with van der Waals surface area (Å²) in [4.78, 5) is 0. The minimum atomic E-state index is 0.108. The fourth-order valence-electron chi connectivity index (χ4n) is 2.05. The van der Waals surface area contributed by atoms with Crippen molar-refractivity contribution in [3.63, 3.8) is 0 Å². The summed E-state index contributed by atoms with van der Waals surface area (Å²) in [5.74, 6) is 0. The predicted molar refractivity (Wildman–Crippen MR) is 73.7 cm³/mol. The third-order valence-electron chi connectivity index (χ3n) is 3.25. The van der Waals surface area contributed by atoms with E-state index in [1.54, 1.807) is 4.68 Å². The second kappa shape index (κ2) is 5.16. The van der Waals surface area contributed by atoms with Crippen LogP contribution in [0.25, 0.3) is 0 Å². The Hall–Kier alpha value is -1.26. The summed E-state index contributed by atoms with van der Waals surface area (Å²) in [5.41, 5.74) is 9.20. The smallest absolute Gasteiger partial charge is 0.131 e. The first-order valence-corrected chi connectivity index (χ1v) is 6.50. The molecular weight excluding hydrogens is 248 g/mol. The minimum Gasteiger partial charge on any atom is -0.349 e. The van der Waals surface area contributed by atoms with Crippen LogP contribution in [0.2, 0.25) is 5.15 Å². The van der Waals surface area contributed by atoms with Gasteiger partial charge in [-0.2, -0.15) is 5.10 Å². The van der Waals surface area contributed by atoms with E-state index in [1.165, 1.54) is 0 Å². The lowest BCUT2D eigenvalue weighted by Crippen LogP contribution is -2.07. The Bertz CT molecular complexity index is 541. The summed E-state index contributed by atoms with van der Waals surface area (Å²) in [6.45, 7) is 4.79. The molecule has 1 atom stereocenters. The Kier molecular flexibility index (Phi) is 3.78. The van der Waals surface area contributed by atoms with Crippen LogP contribution < -0.4 is 5.73 Å². The number of aromatic nitrogens is 3. The molecule has 18 heavy (non-hydrogen) atoms. The molecule has 2 aromatic rings. The highest BCUT2D eigenvalue weighted by molar-refractivity contribution is 6.30. The molecule has 1 unspecified atom stereocenters. The van der Waals surface area contributed by atoms with Crippen LogP contribution in [-0.4, -0.2) is 14.3 Å². The summed E-state index contributed by atoms with van der Waals surface area (Å²) >= 11 is 6.22. The molecule has 0 aromatic carbocycles. The first-order valence-electron chi connectivity index (χ1n) is 6.12. The average molecular weight is 267 g/mol. The molecule has 2 heterocycles. The van der Waals surface area contributed by atoms with E-state index in [1.807, 2.05) is 20.2 Å². The molecule has 4 nitrogen and oxygen atoms in total. The summed E-state index contributed by atoms with van der Waals surface area (Å²) in [6.07, 6.45) is 5.06. The molecule has 2 rings (SSSR count). The quantitative estimate of drug-likeness (QED) is 0.925. The molecule has 0 fully saturated rings. The normalized spacial score (nSPS) is 12.9. The number of halogens is 1. The van der Waals surface area contributed by atoms with Crippen molar-refractivity contribution >= 4 is 11.6 Å². The van der Waals surface area contributed by atoms with Gasteiger partial charge in [-0.25, -0.2) is 0 Å². The van der Waals surface area contributed by atoms with Crippen molar-refractivity contribution in [1.29, 1.82) is 0 Å². The number of nitrogens with two attached hydrogens (primary N) is 1. The minimum absolute atomic E-state index is 0.108. The fourth-order valence-corrected chi connectivity index (χ4v) is 2.28. The van der Waals surface area contributed by atoms with E-state index in [0.29, 0.717) is 5.15 Å². The molecule has 2 N–H and O–H groups in total. The topological polar surface area (TPSA) is 48.8 Å². The summed E-state index contributed by atoms with van der Waals surface area (Å²) in [7, 11) is 1.85. The second-order valence-electron chi connectivity index (χ2n) is 4.61. The summed E-state index contributed by atoms with van der Waals surface area (Å²) in [5, 5.41) is 5.01. The van der Waals surface area contributed by atoms with E-state index >= 15 is 0 Å². The van der Waals surface area contributed by atoms with E-state index in [9.17, 15) is 0 Å². The van der Waals surface area contributed by atoms with Crippen molar-refractivity contribution < 1.29 is 0 Å². The van der Waals surface area contributed by atoms with Gasteiger partial charge in [-0.3, -0.25) is 4.68 Å². The van der Waals surface area contributed by atoms with E-state index in [4.69, 9.17) is 17.3 Å². The lowest BCUT2D eigenvalue weighted by Gasteiger charge is -2.06. The lowest BCUT2D eigenvalue weighted by atomic mass is 10.1. The molecule has 2 aromatic heterocycles. The third kappa shape index (κ3) is 2.44. The van der Waals surface area contributed by atoms with Crippen molar-refractivity contribution in [3.05, 3.63) is 40.4 Å². The van der Waals surface area contributed by atoms with Crippen molar-refractivity contribution in [1.82, 2.24) is 14.3 Å². The number of nitrogens with zero attached hydrogens (tertiary/aromatic N) is 3. The SMILES string of the molecule is CCC(N)c1ccn(Cc2c(C)nn(C)c2Cl)c1. The highest BCUT2D eigenvalue weighted by Crippen LogP contribution is 2.21. The van der Waals surface area contributed by atoms with Crippen LogP contribution in [0, 0.1) is 6.92 Å². The van der Waals surface area contributed by atoms with Crippen LogP contribution in [-0.2, 0) is 13.6 Å². The van der Waals surface area contributed by atoms with Gasteiger partial charge >= 0.3 is 0 Å². The Labute approximate surface area is 112 Å². The van der Waals surface area contributed by atoms with Crippen molar-refractivity contribution in [3.8, 4) is 0 Å². The van der Waals surface area contributed by atoms with Gasteiger partial charge in [0.2, 0.25) is 0 Å². The zero-order valence-electron chi connectivity index (χ0n) is 11.0. The molecule has 0 bridgehead atoms. The molecular formula is C13H19ClN4. The van der Waals surface area contributed by atoms with Crippen LogP contribution >= 0.6 is 11.6 Å². The molecule has 98 valence electrons. The van der Waals surface area contributed by atoms with Gasteiger partial charge in [0.05, 0.1) is 12.2 Å². The van der Waals surface area contributed by atoms with Gasteiger partial charge in [0, 0.05) is 31.0 Å². The van der Waals surface area contributed by atoms with Gasteiger partial charge in [0.25, 0.3) is 0 Å². The number of rotatable bonds is 4. The van der Waals surface area contributed by atoms with Crippen LogP contribution in [0.1, 0.15) is 36.2 Å². The van der Waals surface area contributed by atoms with E-state index in [-0.39, 0.29) is 6.04 Å². The standard InChI is InChI=1S/C13H19ClN4/c1-4-12(15)10-5-6-18(7-10)8-11-9(2)16-17(3)13(11)14/h5-7,12H,4,8,15H2,1-3H3. The lowest BCUT2D eigenvalue weighted by molar-refractivity contribution is 0.692. The Morgan fingerprint density at radius 3 is 2.78 bits per heavy atom. The first kappa shape index (κ1) is 13.2.